The van der Waals surface area contributed by atoms with Crippen LogP contribution in [-0.4, -0.2) is 37.3 Å². The number of hydrogen-bond donors (Lipinski definition) is 2. The fourth-order valence-electron chi connectivity index (χ4n) is 3.43. The number of carbonyl (C=O) groups is 1. The highest BCUT2D eigenvalue weighted by Crippen LogP contribution is 2.34. The molecule has 3 unspecified atom stereocenters. The van der Waals surface area contributed by atoms with Crippen molar-refractivity contribution in [2.75, 3.05) is 5.75 Å². The quantitative estimate of drug-likeness (QED) is 0.861. The van der Waals surface area contributed by atoms with E-state index in [9.17, 15) is 18.3 Å². The lowest BCUT2D eigenvalue weighted by molar-refractivity contribution is -0.124. The van der Waals surface area contributed by atoms with Crippen LogP contribution in [0.25, 0.3) is 0 Å². The number of aliphatic hydroxyl groups excluding tert-OH is 1. The molecule has 0 saturated heterocycles. The predicted molar refractivity (Wildman–Crippen MR) is 82.3 cm³/mol. The Labute approximate surface area is 130 Å². The Kier molecular flexibility index (Phi) is 4.23. The third-order valence-corrected chi connectivity index (χ3v) is 6.49. The molecule has 1 aromatic carbocycles. The van der Waals surface area contributed by atoms with E-state index in [0.29, 0.717) is 18.4 Å². The molecular weight excluding hydrogens is 302 g/mol. The molecule has 1 aliphatic heterocycles. The molecule has 22 heavy (non-hydrogen) atoms. The predicted octanol–water partition coefficient (Wildman–Crippen LogP) is 1.37. The standard InChI is InChI=1S/C16H21NO4S/c18-14-7-3-2-6-13(14)17-16(19)12-9-10-22(20,21)15-8-4-1-5-11(12)15/h1,4-5,8,12-14,18H,2-3,6-7,9-10H2,(H,17,19). The summed E-state index contributed by atoms with van der Waals surface area (Å²) >= 11 is 0. The molecule has 1 saturated carbocycles. The molecule has 0 spiro atoms. The molecule has 0 radical (unpaired) electrons. The van der Waals surface area contributed by atoms with E-state index < -0.39 is 21.9 Å². The van der Waals surface area contributed by atoms with Crippen LogP contribution in [0.5, 0.6) is 0 Å². The summed E-state index contributed by atoms with van der Waals surface area (Å²) in [6.45, 7) is 0. The van der Waals surface area contributed by atoms with Crippen LogP contribution >= 0.6 is 0 Å². The maximum Gasteiger partial charge on any atom is 0.227 e. The van der Waals surface area contributed by atoms with Gasteiger partial charge in [-0.1, -0.05) is 31.0 Å². The molecule has 2 N–H and O–H groups in total. The van der Waals surface area contributed by atoms with Crippen molar-refractivity contribution in [3.05, 3.63) is 29.8 Å². The Morgan fingerprint density at radius 2 is 1.86 bits per heavy atom. The van der Waals surface area contributed by atoms with E-state index in [-0.39, 0.29) is 22.6 Å². The Morgan fingerprint density at radius 3 is 2.64 bits per heavy atom. The van der Waals surface area contributed by atoms with Gasteiger partial charge in [-0.2, -0.15) is 0 Å². The number of amides is 1. The van der Waals surface area contributed by atoms with E-state index in [0.717, 1.165) is 19.3 Å². The maximum atomic E-state index is 12.6. The van der Waals surface area contributed by atoms with Gasteiger partial charge in [0.05, 0.1) is 28.7 Å². The number of sulfone groups is 1. The van der Waals surface area contributed by atoms with Gasteiger partial charge >= 0.3 is 0 Å². The van der Waals surface area contributed by atoms with Gasteiger partial charge in [-0.15, -0.1) is 0 Å². The van der Waals surface area contributed by atoms with Crippen molar-refractivity contribution >= 4 is 15.7 Å². The number of aliphatic hydroxyl groups is 1. The molecule has 1 aromatic rings. The van der Waals surface area contributed by atoms with Crippen molar-refractivity contribution in [3.63, 3.8) is 0 Å². The first kappa shape index (κ1) is 15.5. The molecule has 1 amide bonds. The van der Waals surface area contributed by atoms with E-state index in [1.165, 1.54) is 0 Å². The third-order valence-electron chi connectivity index (χ3n) is 4.68. The van der Waals surface area contributed by atoms with Gasteiger partial charge in [0.25, 0.3) is 0 Å². The van der Waals surface area contributed by atoms with Gasteiger partial charge in [0.15, 0.2) is 9.84 Å². The van der Waals surface area contributed by atoms with Crippen molar-refractivity contribution in [2.45, 2.75) is 55.1 Å². The van der Waals surface area contributed by atoms with Gasteiger partial charge in [-0.3, -0.25) is 4.79 Å². The summed E-state index contributed by atoms with van der Waals surface area (Å²) in [4.78, 5) is 12.8. The highest BCUT2D eigenvalue weighted by Gasteiger charge is 2.35. The van der Waals surface area contributed by atoms with Crippen molar-refractivity contribution in [1.29, 1.82) is 0 Å². The van der Waals surface area contributed by atoms with E-state index >= 15 is 0 Å². The highest BCUT2D eigenvalue weighted by molar-refractivity contribution is 7.91. The number of hydrogen-bond acceptors (Lipinski definition) is 4. The van der Waals surface area contributed by atoms with E-state index in [2.05, 4.69) is 5.32 Å². The van der Waals surface area contributed by atoms with Gasteiger partial charge in [0, 0.05) is 0 Å². The minimum Gasteiger partial charge on any atom is -0.391 e. The van der Waals surface area contributed by atoms with Crippen LogP contribution in [0.4, 0.5) is 0 Å². The zero-order chi connectivity index (χ0) is 15.7. The normalized spacial score (nSPS) is 30.3. The van der Waals surface area contributed by atoms with Crippen molar-refractivity contribution in [2.24, 2.45) is 0 Å². The SMILES string of the molecule is O=C(NC1CCCCC1O)C1CCS(=O)(=O)c2ccccc21. The average Bonchev–Trinajstić information content (AvgIpc) is 2.50. The largest absolute Gasteiger partial charge is 0.391 e. The van der Waals surface area contributed by atoms with Gasteiger partial charge in [-0.25, -0.2) is 8.42 Å². The van der Waals surface area contributed by atoms with Crippen LogP contribution < -0.4 is 5.32 Å². The van der Waals surface area contributed by atoms with Crippen LogP contribution in [0.15, 0.2) is 29.2 Å². The molecule has 3 atom stereocenters. The van der Waals surface area contributed by atoms with Crippen LogP contribution in [-0.2, 0) is 14.6 Å². The number of fused-ring (bicyclic) bond motifs is 1. The maximum absolute atomic E-state index is 12.6. The molecule has 0 aromatic heterocycles. The first-order valence-corrected chi connectivity index (χ1v) is 9.44. The lowest BCUT2D eigenvalue weighted by Gasteiger charge is -2.31. The van der Waals surface area contributed by atoms with E-state index in [1.807, 2.05) is 0 Å². The molecule has 2 aliphatic rings. The summed E-state index contributed by atoms with van der Waals surface area (Å²) in [5.74, 6) is -0.628. The summed E-state index contributed by atoms with van der Waals surface area (Å²) < 4.78 is 24.2. The van der Waals surface area contributed by atoms with Gasteiger partial charge < -0.3 is 10.4 Å². The monoisotopic (exact) mass is 323 g/mol. The zero-order valence-corrected chi connectivity index (χ0v) is 13.2. The number of rotatable bonds is 2. The van der Waals surface area contributed by atoms with Gasteiger partial charge in [0.1, 0.15) is 0 Å². The molecule has 0 bridgehead atoms. The summed E-state index contributed by atoms with van der Waals surface area (Å²) in [6, 6.07) is 6.51. The Hall–Kier alpha value is -1.40. The van der Waals surface area contributed by atoms with Crippen molar-refractivity contribution in [1.82, 2.24) is 5.32 Å². The summed E-state index contributed by atoms with van der Waals surface area (Å²) in [5, 5.41) is 12.9. The van der Waals surface area contributed by atoms with Gasteiger partial charge in [0.2, 0.25) is 5.91 Å². The summed E-state index contributed by atoms with van der Waals surface area (Å²) in [6.07, 6.45) is 3.27. The fraction of sp³-hybridized carbons (Fsp3) is 0.562. The topological polar surface area (TPSA) is 83.5 Å². The molecule has 3 rings (SSSR count). The summed E-state index contributed by atoms with van der Waals surface area (Å²) in [7, 11) is -3.28. The summed E-state index contributed by atoms with van der Waals surface area (Å²) in [5.41, 5.74) is 0.580. The van der Waals surface area contributed by atoms with Crippen LogP contribution in [0, 0.1) is 0 Å². The first-order valence-electron chi connectivity index (χ1n) is 7.79. The molecule has 6 heteroatoms. The number of benzene rings is 1. The van der Waals surface area contributed by atoms with Gasteiger partial charge in [-0.05, 0) is 30.9 Å². The second-order valence-electron chi connectivity index (χ2n) is 6.16. The Balaban J connectivity index is 1.82. The lowest BCUT2D eigenvalue weighted by atomic mass is 9.90. The van der Waals surface area contributed by atoms with E-state index in [1.54, 1.807) is 24.3 Å². The van der Waals surface area contributed by atoms with Crippen LogP contribution in [0.2, 0.25) is 0 Å². The molecule has 1 heterocycles. The van der Waals surface area contributed by atoms with Crippen molar-refractivity contribution < 1.29 is 18.3 Å². The average molecular weight is 323 g/mol. The Morgan fingerprint density at radius 1 is 1.14 bits per heavy atom. The second-order valence-corrected chi connectivity index (χ2v) is 8.24. The van der Waals surface area contributed by atoms with E-state index in [4.69, 9.17) is 0 Å². The minimum atomic E-state index is -3.28. The number of nitrogens with one attached hydrogen (secondary N) is 1. The molecular formula is C16H21NO4S. The molecule has 120 valence electrons. The zero-order valence-electron chi connectivity index (χ0n) is 12.4. The first-order chi connectivity index (χ1) is 10.5. The second kappa shape index (κ2) is 6.01. The molecule has 5 nitrogen and oxygen atoms in total. The van der Waals surface area contributed by atoms with Crippen LogP contribution in [0.1, 0.15) is 43.6 Å². The fourth-order valence-corrected chi connectivity index (χ4v) is 5.05. The minimum absolute atomic E-state index is 0.00464. The molecule has 1 fully saturated rings. The van der Waals surface area contributed by atoms with Crippen LogP contribution in [0.3, 0.4) is 0 Å². The third kappa shape index (κ3) is 2.90. The lowest BCUT2D eigenvalue weighted by Crippen LogP contribution is -2.47. The smallest absolute Gasteiger partial charge is 0.227 e. The molecule has 1 aliphatic carbocycles. The number of carbonyl (C=O) groups excluding carboxylic acids is 1. The van der Waals surface area contributed by atoms with Crippen molar-refractivity contribution in [3.8, 4) is 0 Å². The Bertz CT molecular complexity index is 670. The highest BCUT2D eigenvalue weighted by atomic mass is 32.2.